The van der Waals surface area contributed by atoms with Crippen LogP contribution in [0, 0.1) is 0 Å². The third kappa shape index (κ3) is 4.18. The van der Waals surface area contributed by atoms with Gasteiger partial charge in [-0.1, -0.05) is 30.3 Å². The molecule has 5 nitrogen and oxygen atoms in total. The molecule has 1 heterocycles. The number of aromatic nitrogens is 1. The van der Waals surface area contributed by atoms with Crippen LogP contribution >= 0.6 is 11.3 Å². The van der Waals surface area contributed by atoms with E-state index < -0.39 is 0 Å². The Kier molecular flexibility index (Phi) is 5.77. The topological polar surface area (TPSA) is 60.5 Å². The van der Waals surface area contributed by atoms with Crippen molar-refractivity contribution >= 4 is 39.2 Å². The number of carbonyl (C=O) groups is 1. The smallest absolute Gasteiger partial charge is 0.255 e. The number of methoxy groups -OCH3 is 2. The van der Waals surface area contributed by atoms with Gasteiger partial charge in [-0.05, 0) is 42.5 Å². The summed E-state index contributed by atoms with van der Waals surface area (Å²) in [5.74, 6) is 1.13. The highest BCUT2D eigenvalue weighted by Gasteiger charge is 2.15. The number of carbonyl (C=O) groups excluding carboxylic acids is 1. The maximum absolute atomic E-state index is 12.9. The van der Waals surface area contributed by atoms with Crippen molar-refractivity contribution in [3.05, 3.63) is 88.9 Å². The van der Waals surface area contributed by atoms with Gasteiger partial charge in [0.05, 0.1) is 30.1 Å². The Balaban J connectivity index is 1.79. The highest BCUT2D eigenvalue weighted by Crippen LogP contribution is 2.31. The van der Waals surface area contributed by atoms with Crippen molar-refractivity contribution in [2.45, 2.75) is 0 Å². The highest BCUT2D eigenvalue weighted by molar-refractivity contribution is 7.19. The van der Waals surface area contributed by atoms with Crippen molar-refractivity contribution < 1.29 is 14.3 Å². The van der Waals surface area contributed by atoms with E-state index in [1.807, 2.05) is 60.7 Å². The molecule has 0 spiro atoms. The third-order valence-electron chi connectivity index (χ3n) is 4.55. The molecule has 1 amide bonds. The lowest BCUT2D eigenvalue weighted by atomic mass is 10.1. The van der Waals surface area contributed by atoms with Gasteiger partial charge in [-0.3, -0.25) is 4.79 Å². The Morgan fingerprint density at radius 1 is 0.967 bits per heavy atom. The molecule has 0 atom stereocenters. The fraction of sp³-hybridized carbons (Fsp3) is 0.0833. The van der Waals surface area contributed by atoms with Crippen LogP contribution in [-0.4, -0.2) is 25.1 Å². The van der Waals surface area contributed by atoms with E-state index in [2.05, 4.69) is 5.32 Å². The standard InChI is InChI=1S/C24H20N2O3S/c1-28-18-13-12-17(21(15-18)29-2)14-20(25-23(27)16-8-4-3-5-9-16)24-26-19-10-6-7-11-22(19)30-24/h3-15H,1-2H3,(H,25,27)/b20-14+. The lowest BCUT2D eigenvalue weighted by molar-refractivity contribution is 0.0974. The Labute approximate surface area is 178 Å². The van der Waals surface area contributed by atoms with Crippen LogP contribution in [0.3, 0.4) is 0 Å². The van der Waals surface area contributed by atoms with Gasteiger partial charge in [-0.25, -0.2) is 4.98 Å². The second-order valence-electron chi connectivity index (χ2n) is 6.47. The molecule has 150 valence electrons. The molecule has 0 unspecified atom stereocenters. The first kappa shape index (κ1) is 19.7. The molecular formula is C24H20N2O3S. The normalized spacial score (nSPS) is 11.3. The van der Waals surface area contributed by atoms with Gasteiger partial charge in [-0.2, -0.15) is 0 Å². The Hall–Kier alpha value is -3.64. The first-order chi connectivity index (χ1) is 14.7. The number of nitrogens with one attached hydrogen (secondary N) is 1. The third-order valence-corrected chi connectivity index (χ3v) is 5.62. The molecule has 0 saturated carbocycles. The summed E-state index contributed by atoms with van der Waals surface area (Å²) in [6.45, 7) is 0. The van der Waals surface area contributed by atoms with Gasteiger partial charge in [0.1, 0.15) is 16.5 Å². The van der Waals surface area contributed by atoms with Gasteiger partial charge in [-0.15, -0.1) is 11.3 Å². The zero-order valence-corrected chi connectivity index (χ0v) is 17.4. The summed E-state index contributed by atoms with van der Waals surface area (Å²) >= 11 is 1.52. The number of nitrogens with zero attached hydrogens (tertiary/aromatic N) is 1. The molecule has 0 aliphatic carbocycles. The molecule has 0 radical (unpaired) electrons. The fourth-order valence-corrected chi connectivity index (χ4v) is 3.95. The Morgan fingerprint density at radius 3 is 2.47 bits per heavy atom. The second-order valence-corrected chi connectivity index (χ2v) is 7.50. The van der Waals surface area contributed by atoms with E-state index in [0.717, 1.165) is 20.8 Å². The largest absolute Gasteiger partial charge is 0.497 e. The molecule has 4 rings (SSSR count). The number of ether oxygens (including phenoxy) is 2. The monoisotopic (exact) mass is 416 g/mol. The minimum Gasteiger partial charge on any atom is -0.497 e. The summed E-state index contributed by atoms with van der Waals surface area (Å²) < 4.78 is 11.9. The van der Waals surface area contributed by atoms with Gasteiger partial charge in [0.15, 0.2) is 0 Å². The minimum atomic E-state index is -0.200. The van der Waals surface area contributed by atoms with E-state index in [1.165, 1.54) is 11.3 Å². The molecule has 0 bridgehead atoms. The van der Waals surface area contributed by atoms with Crippen LogP contribution in [-0.2, 0) is 0 Å². The molecular weight excluding hydrogens is 396 g/mol. The zero-order chi connectivity index (χ0) is 20.9. The highest BCUT2D eigenvalue weighted by atomic mass is 32.1. The summed E-state index contributed by atoms with van der Waals surface area (Å²) in [6.07, 6.45) is 1.87. The lowest BCUT2D eigenvalue weighted by Crippen LogP contribution is -2.21. The number of rotatable bonds is 6. The van der Waals surface area contributed by atoms with Crippen molar-refractivity contribution in [3.63, 3.8) is 0 Å². The van der Waals surface area contributed by atoms with E-state index in [1.54, 1.807) is 32.4 Å². The number of thiazole rings is 1. The van der Waals surface area contributed by atoms with Crippen LogP contribution in [0.15, 0.2) is 72.8 Å². The van der Waals surface area contributed by atoms with Crippen molar-refractivity contribution in [1.82, 2.24) is 10.3 Å². The van der Waals surface area contributed by atoms with E-state index in [4.69, 9.17) is 14.5 Å². The fourth-order valence-electron chi connectivity index (χ4n) is 3.02. The summed E-state index contributed by atoms with van der Waals surface area (Å²) in [6, 6.07) is 22.5. The van der Waals surface area contributed by atoms with Crippen LogP contribution in [0.1, 0.15) is 20.9 Å². The average Bonchev–Trinajstić information content (AvgIpc) is 3.23. The van der Waals surface area contributed by atoms with Gasteiger partial charge >= 0.3 is 0 Å². The lowest BCUT2D eigenvalue weighted by Gasteiger charge is -2.11. The summed E-state index contributed by atoms with van der Waals surface area (Å²) in [7, 11) is 3.21. The summed E-state index contributed by atoms with van der Waals surface area (Å²) in [5, 5.41) is 3.74. The average molecular weight is 417 g/mol. The van der Waals surface area contributed by atoms with Crippen LogP contribution in [0.2, 0.25) is 0 Å². The maximum Gasteiger partial charge on any atom is 0.255 e. The van der Waals surface area contributed by atoms with E-state index in [9.17, 15) is 4.79 Å². The number of hydrogen-bond acceptors (Lipinski definition) is 5. The van der Waals surface area contributed by atoms with Crippen molar-refractivity contribution in [2.75, 3.05) is 14.2 Å². The maximum atomic E-state index is 12.9. The molecule has 0 fully saturated rings. The zero-order valence-electron chi connectivity index (χ0n) is 16.6. The van der Waals surface area contributed by atoms with Crippen molar-refractivity contribution in [1.29, 1.82) is 0 Å². The first-order valence-electron chi connectivity index (χ1n) is 9.34. The molecule has 0 aliphatic heterocycles. The van der Waals surface area contributed by atoms with Gasteiger partial charge in [0.2, 0.25) is 0 Å². The van der Waals surface area contributed by atoms with Gasteiger partial charge in [0, 0.05) is 17.2 Å². The molecule has 0 aliphatic rings. The quantitative estimate of drug-likeness (QED) is 0.467. The molecule has 0 saturated heterocycles. The predicted octanol–water partition coefficient (Wildman–Crippen LogP) is 5.24. The molecule has 3 aromatic carbocycles. The van der Waals surface area contributed by atoms with E-state index in [0.29, 0.717) is 22.8 Å². The second kappa shape index (κ2) is 8.80. The van der Waals surface area contributed by atoms with Crippen LogP contribution in [0.4, 0.5) is 0 Å². The summed E-state index contributed by atoms with van der Waals surface area (Å²) in [5.41, 5.74) is 2.87. The molecule has 1 N–H and O–H groups in total. The number of hydrogen-bond donors (Lipinski definition) is 1. The summed E-state index contributed by atoms with van der Waals surface area (Å²) in [4.78, 5) is 17.6. The SMILES string of the molecule is COc1ccc(/C=C(/NC(=O)c2ccccc2)c2nc3ccccc3s2)c(OC)c1. The predicted molar refractivity (Wildman–Crippen MR) is 121 cm³/mol. The van der Waals surface area contributed by atoms with Gasteiger partial charge in [0.25, 0.3) is 5.91 Å². The Bertz CT molecular complexity index is 1180. The Morgan fingerprint density at radius 2 is 1.73 bits per heavy atom. The molecule has 1 aromatic heterocycles. The minimum absolute atomic E-state index is 0.200. The first-order valence-corrected chi connectivity index (χ1v) is 10.2. The number of amides is 1. The van der Waals surface area contributed by atoms with Crippen LogP contribution in [0.25, 0.3) is 22.0 Å². The number of benzene rings is 3. The van der Waals surface area contributed by atoms with Crippen molar-refractivity contribution in [2.24, 2.45) is 0 Å². The van der Waals surface area contributed by atoms with Crippen LogP contribution < -0.4 is 14.8 Å². The molecule has 6 heteroatoms. The van der Waals surface area contributed by atoms with E-state index >= 15 is 0 Å². The molecule has 4 aromatic rings. The number of para-hydroxylation sites is 1. The van der Waals surface area contributed by atoms with Crippen molar-refractivity contribution in [3.8, 4) is 11.5 Å². The van der Waals surface area contributed by atoms with E-state index in [-0.39, 0.29) is 5.91 Å². The number of fused-ring (bicyclic) bond motifs is 1. The van der Waals surface area contributed by atoms with Gasteiger partial charge < -0.3 is 14.8 Å². The van der Waals surface area contributed by atoms with Crippen LogP contribution in [0.5, 0.6) is 11.5 Å². The molecule has 30 heavy (non-hydrogen) atoms.